The Morgan fingerprint density at radius 3 is 2.62 bits per heavy atom. The molecule has 2 atom stereocenters. The highest BCUT2D eigenvalue weighted by molar-refractivity contribution is 6.20. The van der Waals surface area contributed by atoms with E-state index in [1.165, 1.54) is 19.2 Å². The number of fused-ring (bicyclic) bond motifs is 1. The number of benzene rings is 1. The molecule has 1 fully saturated rings. The van der Waals surface area contributed by atoms with E-state index in [1.807, 2.05) is 11.8 Å². The highest BCUT2D eigenvalue weighted by Gasteiger charge is 2.60. The van der Waals surface area contributed by atoms with Gasteiger partial charge in [0, 0.05) is 38.3 Å². The zero-order chi connectivity index (χ0) is 19.2. The molecule has 0 unspecified atom stereocenters. The molecular formula is C17H20N4O5. The molecule has 9 heteroatoms. The number of carbonyl (C=O) groups excluding carboxylic acids is 3. The van der Waals surface area contributed by atoms with Crippen molar-refractivity contribution in [3.05, 3.63) is 33.9 Å². The largest absolute Gasteiger partial charge is 0.370 e. The summed E-state index contributed by atoms with van der Waals surface area (Å²) < 4.78 is 0. The van der Waals surface area contributed by atoms with Crippen molar-refractivity contribution < 1.29 is 19.3 Å². The number of imide groups is 2. The fraction of sp³-hybridized carbons (Fsp3) is 0.471. The van der Waals surface area contributed by atoms with E-state index < -0.39 is 34.2 Å². The first-order chi connectivity index (χ1) is 12.2. The molecule has 1 saturated heterocycles. The molecule has 0 aromatic heterocycles. The summed E-state index contributed by atoms with van der Waals surface area (Å²) in [4.78, 5) is 51.1. The first-order valence-electron chi connectivity index (χ1n) is 8.37. The standard InChI is InChI=1S/C17H20N4O5/c1-4-5-13-17(14(22)18-16(24)20(3)15(17)23)9-10-8-11(21(25)26)6-7-12(10)19(13)2/h6-8,13H,4-5,9H2,1-3H3,(H,18,22,24)/t13-,17-/m1/s1. The number of rotatable bonds is 3. The SMILES string of the molecule is CCC[C@H]1N(C)c2ccc([N+](=O)[O-])cc2C[C@]12C(=O)NC(=O)N(C)C2=O. The summed E-state index contributed by atoms with van der Waals surface area (Å²) in [6.07, 6.45) is 1.31. The summed E-state index contributed by atoms with van der Waals surface area (Å²) in [5, 5.41) is 13.4. The zero-order valence-electron chi connectivity index (χ0n) is 14.8. The van der Waals surface area contributed by atoms with E-state index in [2.05, 4.69) is 5.32 Å². The summed E-state index contributed by atoms with van der Waals surface area (Å²) in [6.45, 7) is 1.95. The quantitative estimate of drug-likeness (QED) is 0.496. The molecule has 1 spiro atoms. The van der Waals surface area contributed by atoms with Crippen LogP contribution in [0.25, 0.3) is 0 Å². The van der Waals surface area contributed by atoms with Crippen molar-refractivity contribution in [1.82, 2.24) is 10.2 Å². The summed E-state index contributed by atoms with van der Waals surface area (Å²) in [7, 11) is 3.10. The number of nitro groups is 1. The molecule has 0 saturated carbocycles. The van der Waals surface area contributed by atoms with Gasteiger partial charge in [-0.3, -0.25) is 29.9 Å². The van der Waals surface area contributed by atoms with E-state index in [4.69, 9.17) is 0 Å². The number of amides is 4. The lowest BCUT2D eigenvalue weighted by Crippen LogP contribution is -2.71. The van der Waals surface area contributed by atoms with Gasteiger partial charge in [0.2, 0.25) is 11.8 Å². The van der Waals surface area contributed by atoms with Crippen LogP contribution in [0.3, 0.4) is 0 Å². The molecule has 1 N–H and O–H groups in total. The monoisotopic (exact) mass is 360 g/mol. The van der Waals surface area contributed by atoms with E-state index in [-0.39, 0.29) is 12.1 Å². The third-order valence-electron chi connectivity index (χ3n) is 5.34. The van der Waals surface area contributed by atoms with Crippen LogP contribution in [0.15, 0.2) is 18.2 Å². The number of urea groups is 1. The van der Waals surface area contributed by atoms with Crippen LogP contribution in [0, 0.1) is 15.5 Å². The molecule has 1 aromatic rings. The fourth-order valence-corrected chi connectivity index (χ4v) is 4.03. The van der Waals surface area contributed by atoms with Crippen molar-refractivity contribution in [3.63, 3.8) is 0 Å². The number of non-ortho nitro benzene ring substituents is 1. The van der Waals surface area contributed by atoms with Gasteiger partial charge < -0.3 is 4.90 Å². The van der Waals surface area contributed by atoms with Gasteiger partial charge >= 0.3 is 6.03 Å². The van der Waals surface area contributed by atoms with Crippen LogP contribution in [0.2, 0.25) is 0 Å². The summed E-state index contributed by atoms with van der Waals surface area (Å²) in [5.74, 6) is -1.22. The van der Waals surface area contributed by atoms with E-state index in [0.717, 1.165) is 17.0 Å². The lowest BCUT2D eigenvalue weighted by molar-refractivity contribution is -0.384. The average molecular weight is 360 g/mol. The maximum atomic E-state index is 13.1. The summed E-state index contributed by atoms with van der Waals surface area (Å²) in [6, 6.07) is 3.24. The molecule has 0 radical (unpaired) electrons. The minimum absolute atomic E-state index is 0.0152. The van der Waals surface area contributed by atoms with Gasteiger partial charge in [0.05, 0.1) is 11.0 Å². The molecule has 2 heterocycles. The van der Waals surface area contributed by atoms with Crippen LogP contribution in [0.5, 0.6) is 0 Å². The molecule has 4 amide bonds. The van der Waals surface area contributed by atoms with Gasteiger partial charge in [-0.15, -0.1) is 0 Å². The van der Waals surface area contributed by atoms with Crippen molar-refractivity contribution in [2.24, 2.45) is 5.41 Å². The first kappa shape index (κ1) is 17.8. The third kappa shape index (κ3) is 2.34. The van der Waals surface area contributed by atoms with Crippen molar-refractivity contribution in [2.75, 3.05) is 19.0 Å². The van der Waals surface area contributed by atoms with Crippen LogP contribution >= 0.6 is 0 Å². The number of hydrogen-bond donors (Lipinski definition) is 1. The Bertz CT molecular complexity index is 823. The maximum Gasteiger partial charge on any atom is 0.330 e. The Labute approximate surface area is 150 Å². The molecular weight excluding hydrogens is 340 g/mol. The maximum absolute atomic E-state index is 13.1. The summed E-state index contributed by atoms with van der Waals surface area (Å²) >= 11 is 0. The highest BCUT2D eigenvalue weighted by Crippen LogP contribution is 2.45. The van der Waals surface area contributed by atoms with Gasteiger partial charge in [-0.05, 0) is 18.1 Å². The molecule has 138 valence electrons. The van der Waals surface area contributed by atoms with Gasteiger partial charge in [0.1, 0.15) is 0 Å². The second kappa shape index (κ2) is 6.08. The Morgan fingerprint density at radius 1 is 1.31 bits per heavy atom. The first-order valence-corrected chi connectivity index (χ1v) is 8.37. The van der Waals surface area contributed by atoms with E-state index >= 15 is 0 Å². The predicted octanol–water partition coefficient (Wildman–Crippen LogP) is 1.45. The molecule has 9 nitrogen and oxygen atoms in total. The van der Waals surface area contributed by atoms with Gasteiger partial charge in [0.15, 0.2) is 5.41 Å². The van der Waals surface area contributed by atoms with Crippen LogP contribution < -0.4 is 10.2 Å². The van der Waals surface area contributed by atoms with Gasteiger partial charge in [-0.1, -0.05) is 13.3 Å². The fourth-order valence-electron chi connectivity index (χ4n) is 4.03. The number of barbiturate groups is 1. The highest BCUT2D eigenvalue weighted by atomic mass is 16.6. The van der Waals surface area contributed by atoms with Gasteiger partial charge in [-0.25, -0.2) is 4.79 Å². The average Bonchev–Trinajstić information content (AvgIpc) is 2.60. The van der Waals surface area contributed by atoms with Crippen molar-refractivity contribution in [3.8, 4) is 0 Å². The molecule has 1 aromatic carbocycles. The topological polar surface area (TPSA) is 113 Å². The predicted molar refractivity (Wildman–Crippen MR) is 92.6 cm³/mol. The number of nitrogens with one attached hydrogen (secondary N) is 1. The molecule has 26 heavy (non-hydrogen) atoms. The Morgan fingerprint density at radius 2 is 2.00 bits per heavy atom. The Balaban J connectivity index is 2.19. The van der Waals surface area contributed by atoms with Gasteiger partial charge in [-0.2, -0.15) is 0 Å². The minimum Gasteiger partial charge on any atom is -0.370 e. The normalized spacial score (nSPS) is 25.3. The van der Waals surface area contributed by atoms with Crippen molar-refractivity contribution in [2.45, 2.75) is 32.2 Å². The molecule has 2 aliphatic heterocycles. The lowest BCUT2D eigenvalue weighted by Gasteiger charge is -2.50. The van der Waals surface area contributed by atoms with Crippen LogP contribution in [0.4, 0.5) is 16.2 Å². The second-order valence-electron chi connectivity index (χ2n) is 6.76. The lowest BCUT2D eigenvalue weighted by atomic mass is 9.67. The zero-order valence-corrected chi connectivity index (χ0v) is 14.8. The van der Waals surface area contributed by atoms with Crippen LogP contribution in [0.1, 0.15) is 25.3 Å². The number of anilines is 1. The molecule has 0 aliphatic carbocycles. The van der Waals surface area contributed by atoms with Crippen LogP contribution in [-0.4, -0.2) is 47.8 Å². The number of hydrogen-bond acceptors (Lipinski definition) is 6. The van der Waals surface area contributed by atoms with E-state index in [0.29, 0.717) is 12.0 Å². The third-order valence-corrected chi connectivity index (χ3v) is 5.34. The minimum atomic E-state index is -1.49. The molecule has 3 rings (SSSR count). The van der Waals surface area contributed by atoms with E-state index in [9.17, 15) is 24.5 Å². The molecule has 0 bridgehead atoms. The Kier molecular flexibility index (Phi) is 4.17. The summed E-state index contributed by atoms with van der Waals surface area (Å²) in [5.41, 5.74) is -0.301. The number of carbonyl (C=O) groups is 3. The molecule has 2 aliphatic rings. The Hall–Kier alpha value is -2.97. The van der Waals surface area contributed by atoms with Gasteiger partial charge in [0.25, 0.3) is 5.69 Å². The smallest absolute Gasteiger partial charge is 0.330 e. The second-order valence-corrected chi connectivity index (χ2v) is 6.76. The van der Waals surface area contributed by atoms with Crippen molar-refractivity contribution in [1.29, 1.82) is 0 Å². The van der Waals surface area contributed by atoms with Crippen LogP contribution in [-0.2, 0) is 16.0 Å². The number of nitrogens with zero attached hydrogens (tertiary/aromatic N) is 3. The number of nitro benzene ring substituents is 1. The van der Waals surface area contributed by atoms with E-state index in [1.54, 1.807) is 13.1 Å². The van der Waals surface area contributed by atoms with Crippen molar-refractivity contribution >= 4 is 29.2 Å².